The highest BCUT2D eigenvalue weighted by Gasteiger charge is 2.50. The molecule has 0 saturated heterocycles. The van der Waals surface area contributed by atoms with Crippen LogP contribution in [-0.4, -0.2) is 35.6 Å². The van der Waals surface area contributed by atoms with Gasteiger partial charge in [0, 0.05) is 18.9 Å². The minimum absolute atomic E-state index is 0.0519. The lowest BCUT2D eigenvalue weighted by molar-refractivity contribution is -0.108. The zero-order valence-corrected chi connectivity index (χ0v) is 26.1. The Morgan fingerprint density at radius 3 is 1.67 bits per heavy atom. The molecule has 3 atom stereocenters. The van der Waals surface area contributed by atoms with Crippen molar-refractivity contribution in [1.82, 2.24) is 0 Å². The summed E-state index contributed by atoms with van der Waals surface area (Å²) in [6.45, 7) is 19.0. The summed E-state index contributed by atoms with van der Waals surface area (Å²) in [5.74, 6) is 0.536. The van der Waals surface area contributed by atoms with Crippen molar-refractivity contribution in [1.29, 1.82) is 0 Å². The van der Waals surface area contributed by atoms with Gasteiger partial charge in [-0.25, -0.2) is 0 Å². The number of hydrogen-bond acceptors (Lipinski definition) is 3. The molecular formula is C31H50O3Si2. The molecule has 0 amide bonds. The predicted molar refractivity (Wildman–Crippen MR) is 159 cm³/mol. The Kier molecular flexibility index (Phi) is 11.8. The first-order valence-corrected chi connectivity index (χ1v) is 18.4. The quantitative estimate of drug-likeness (QED) is 0.182. The molecule has 0 N–H and O–H groups in total. The smallest absolute Gasteiger partial charge is 0.261 e. The Morgan fingerprint density at radius 1 is 0.806 bits per heavy atom. The molecule has 0 aromatic heterocycles. The second-order valence-electron chi connectivity index (χ2n) is 11.5. The highest BCUT2D eigenvalue weighted by Crippen LogP contribution is 2.38. The highest BCUT2D eigenvalue weighted by atomic mass is 28.4. The van der Waals surface area contributed by atoms with E-state index in [4.69, 9.17) is 8.85 Å². The van der Waals surface area contributed by atoms with Gasteiger partial charge in [0.2, 0.25) is 0 Å². The molecule has 200 valence electrons. The first-order valence-electron chi connectivity index (χ1n) is 14.0. The van der Waals surface area contributed by atoms with E-state index in [1.54, 1.807) is 0 Å². The number of benzene rings is 2. The van der Waals surface area contributed by atoms with Crippen molar-refractivity contribution >= 4 is 33.3 Å². The molecule has 36 heavy (non-hydrogen) atoms. The molecule has 0 unspecified atom stereocenters. The number of carbonyl (C=O) groups excluding carboxylic acids is 1. The van der Waals surface area contributed by atoms with E-state index in [1.807, 2.05) is 0 Å². The normalized spacial score (nSPS) is 15.3. The van der Waals surface area contributed by atoms with Crippen LogP contribution >= 0.6 is 0 Å². The van der Waals surface area contributed by atoms with Gasteiger partial charge in [-0.2, -0.15) is 0 Å². The Hall–Kier alpha value is -1.54. The number of aldehydes is 1. The molecule has 0 aliphatic heterocycles. The maximum atomic E-state index is 11.2. The SMILES string of the molecule is CC[Si](CC)(CC)O[C@@H]([C@@H](C)CCC=O)[C@@H](C)CO[Si](c1ccccc1)(c1ccccc1)C(C)(C)C. The summed E-state index contributed by atoms with van der Waals surface area (Å²) in [5.41, 5.74) is 0. The fraction of sp³-hybridized carbons (Fsp3) is 0.581. The molecule has 2 rings (SSSR count). The summed E-state index contributed by atoms with van der Waals surface area (Å²) in [7, 11) is -4.42. The van der Waals surface area contributed by atoms with Gasteiger partial charge in [0.05, 0.1) is 6.10 Å². The van der Waals surface area contributed by atoms with Crippen LogP contribution in [0.2, 0.25) is 23.2 Å². The van der Waals surface area contributed by atoms with Gasteiger partial charge in [-0.1, -0.05) is 116 Å². The van der Waals surface area contributed by atoms with E-state index >= 15 is 0 Å². The lowest BCUT2D eigenvalue weighted by Gasteiger charge is -2.45. The van der Waals surface area contributed by atoms with E-state index in [9.17, 15) is 4.79 Å². The van der Waals surface area contributed by atoms with E-state index in [2.05, 4.69) is 116 Å². The minimum Gasteiger partial charge on any atom is -0.413 e. The van der Waals surface area contributed by atoms with Crippen molar-refractivity contribution in [3.05, 3.63) is 60.7 Å². The van der Waals surface area contributed by atoms with Crippen molar-refractivity contribution < 1.29 is 13.6 Å². The van der Waals surface area contributed by atoms with Gasteiger partial charge in [0.1, 0.15) is 6.29 Å². The lowest BCUT2D eigenvalue weighted by Crippen LogP contribution is -2.67. The summed E-state index contributed by atoms with van der Waals surface area (Å²) in [6.07, 6.45) is 2.58. The van der Waals surface area contributed by atoms with Gasteiger partial charge in [-0.05, 0) is 45.9 Å². The van der Waals surface area contributed by atoms with Gasteiger partial charge >= 0.3 is 0 Å². The topological polar surface area (TPSA) is 35.5 Å². The molecule has 0 aliphatic carbocycles. The summed E-state index contributed by atoms with van der Waals surface area (Å²) in [6, 6.07) is 25.1. The molecular weight excluding hydrogens is 477 g/mol. The number of carbonyl (C=O) groups is 1. The summed E-state index contributed by atoms with van der Waals surface area (Å²) in [5, 5.41) is 2.56. The Morgan fingerprint density at radius 2 is 1.28 bits per heavy atom. The van der Waals surface area contributed by atoms with Gasteiger partial charge in [-0.15, -0.1) is 0 Å². The Labute approximate surface area is 223 Å². The Balaban J connectivity index is 2.48. The molecule has 2 aromatic carbocycles. The van der Waals surface area contributed by atoms with Crippen LogP contribution in [0.5, 0.6) is 0 Å². The molecule has 0 spiro atoms. The maximum absolute atomic E-state index is 11.2. The third kappa shape index (κ3) is 7.06. The van der Waals surface area contributed by atoms with Gasteiger partial charge in [-0.3, -0.25) is 0 Å². The van der Waals surface area contributed by atoms with Crippen molar-refractivity contribution in [2.45, 2.75) is 97.5 Å². The zero-order chi connectivity index (χ0) is 26.8. The molecule has 2 aromatic rings. The molecule has 0 radical (unpaired) electrons. The largest absolute Gasteiger partial charge is 0.413 e. The monoisotopic (exact) mass is 526 g/mol. The molecule has 0 aliphatic rings. The standard InChI is InChI=1S/C31H50O3Si2/c1-9-35(10-2,11-3)34-30(26(4)19-18-24-32)27(5)25-33-36(31(6,7)8,28-20-14-12-15-21-28)29-22-16-13-17-23-29/h12-17,20-24,26-27,30H,9-11,18-19,25H2,1-8H3/t26-,27-,30-/m0/s1. The van der Waals surface area contributed by atoms with E-state index in [-0.39, 0.29) is 17.1 Å². The van der Waals surface area contributed by atoms with Crippen LogP contribution in [0.3, 0.4) is 0 Å². The fourth-order valence-corrected chi connectivity index (χ4v) is 13.4. The highest BCUT2D eigenvalue weighted by molar-refractivity contribution is 6.99. The number of rotatable bonds is 15. The van der Waals surface area contributed by atoms with Crippen LogP contribution in [0.15, 0.2) is 60.7 Å². The third-order valence-corrected chi connectivity index (χ3v) is 17.8. The predicted octanol–water partition coefficient (Wildman–Crippen LogP) is 7.20. The average molecular weight is 527 g/mol. The van der Waals surface area contributed by atoms with Gasteiger partial charge in [0.25, 0.3) is 8.32 Å². The summed E-state index contributed by atoms with van der Waals surface area (Å²) < 4.78 is 14.4. The molecule has 3 nitrogen and oxygen atoms in total. The average Bonchev–Trinajstić information content (AvgIpc) is 2.89. The lowest BCUT2D eigenvalue weighted by atomic mass is 9.91. The van der Waals surface area contributed by atoms with Crippen LogP contribution in [0.25, 0.3) is 0 Å². The summed E-state index contributed by atoms with van der Waals surface area (Å²) >= 11 is 0. The molecule has 0 bridgehead atoms. The van der Waals surface area contributed by atoms with Crippen LogP contribution in [0.4, 0.5) is 0 Å². The van der Waals surface area contributed by atoms with Gasteiger partial charge < -0.3 is 13.6 Å². The first kappa shape index (κ1) is 30.7. The van der Waals surface area contributed by atoms with Crippen molar-refractivity contribution in [3.63, 3.8) is 0 Å². The first-order chi connectivity index (χ1) is 17.1. The van der Waals surface area contributed by atoms with Crippen LogP contribution in [0.1, 0.15) is 68.2 Å². The van der Waals surface area contributed by atoms with E-state index in [0.29, 0.717) is 18.9 Å². The third-order valence-electron chi connectivity index (χ3n) is 8.16. The van der Waals surface area contributed by atoms with Crippen molar-refractivity contribution in [3.8, 4) is 0 Å². The van der Waals surface area contributed by atoms with Crippen LogP contribution in [0, 0.1) is 11.8 Å². The molecule has 0 fully saturated rings. The second kappa shape index (κ2) is 13.8. The Bertz CT molecular complexity index is 843. The maximum Gasteiger partial charge on any atom is 0.261 e. The fourth-order valence-electron chi connectivity index (χ4n) is 5.69. The van der Waals surface area contributed by atoms with Crippen molar-refractivity contribution in [2.24, 2.45) is 11.8 Å². The molecule has 0 heterocycles. The zero-order valence-electron chi connectivity index (χ0n) is 24.1. The number of hydrogen-bond donors (Lipinski definition) is 0. The van der Waals surface area contributed by atoms with Crippen LogP contribution in [-0.2, 0) is 13.6 Å². The van der Waals surface area contributed by atoms with Gasteiger partial charge in [0.15, 0.2) is 8.32 Å². The van der Waals surface area contributed by atoms with E-state index < -0.39 is 16.6 Å². The van der Waals surface area contributed by atoms with E-state index in [0.717, 1.165) is 30.8 Å². The second-order valence-corrected chi connectivity index (χ2v) is 20.5. The summed E-state index contributed by atoms with van der Waals surface area (Å²) in [4.78, 5) is 11.2. The molecule has 5 heteroatoms. The minimum atomic E-state index is -2.60. The van der Waals surface area contributed by atoms with Crippen LogP contribution < -0.4 is 10.4 Å². The molecule has 0 saturated carbocycles. The van der Waals surface area contributed by atoms with E-state index in [1.165, 1.54) is 10.4 Å². The van der Waals surface area contributed by atoms with Crippen molar-refractivity contribution in [2.75, 3.05) is 6.61 Å².